The molecule has 2 aromatic carbocycles. The van der Waals surface area contributed by atoms with E-state index in [1.165, 1.54) is 18.2 Å². The lowest BCUT2D eigenvalue weighted by atomic mass is 10.0. The molecule has 0 radical (unpaired) electrons. The third kappa shape index (κ3) is 4.70. The number of pyridine rings is 1. The van der Waals surface area contributed by atoms with E-state index in [1.807, 2.05) is 43.6 Å². The van der Waals surface area contributed by atoms with E-state index in [9.17, 15) is 9.59 Å². The lowest BCUT2D eigenvalue weighted by Gasteiger charge is -2.10. The van der Waals surface area contributed by atoms with E-state index in [4.69, 9.17) is 9.47 Å². The number of carbonyl (C=O) groups is 2. The number of ether oxygens (including phenoxy) is 2. The normalized spacial score (nSPS) is 10.8. The highest BCUT2D eigenvalue weighted by Crippen LogP contribution is 2.23. The van der Waals surface area contributed by atoms with Crippen LogP contribution in [0.3, 0.4) is 0 Å². The highest BCUT2D eigenvalue weighted by atomic mass is 16.5. The predicted molar refractivity (Wildman–Crippen MR) is 120 cm³/mol. The standard InChI is InChI=1S/C26H25N2O4/c1-27-14-6-9-21(17-27)25(29)32-18-28-23-13-12-20(11-10-19-7-4-3-5-8-19)15-22(23)16-24(28)26(30)31-2/h3-9,12-17H,10-11,18H2,1-2H3/q+1. The minimum absolute atomic E-state index is 0.0886. The fourth-order valence-electron chi connectivity index (χ4n) is 3.74. The molecule has 0 spiro atoms. The van der Waals surface area contributed by atoms with E-state index in [1.54, 1.807) is 33.5 Å². The topological polar surface area (TPSA) is 61.4 Å². The van der Waals surface area contributed by atoms with Crippen molar-refractivity contribution in [2.45, 2.75) is 19.6 Å². The minimum atomic E-state index is -0.478. The van der Waals surface area contributed by atoms with E-state index in [0.717, 1.165) is 23.7 Å². The van der Waals surface area contributed by atoms with Crippen molar-refractivity contribution in [3.8, 4) is 0 Å². The van der Waals surface area contributed by atoms with E-state index in [0.29, 0.717) is 11.3 Å². The Balaban J connectivity index is 1.57. The molecule has 0 unspecified atom stereocenters. The molecule has 6 nitrogen and oxygen atoms in total. The summed E-state index contributed by atoms with van der Waals surface area (Å²) < 4.78 is 13.9. The summed E-state index contributed by atoms with van der Waals surface area (Å²) in [6, 6.07) is 21.6. The Morgan fingerprint density at radius 2 is 1.69 bits per heavy atom. The van der Waals surface area contributed by atoms with Crippen molar-refractivity contribution in [1.29, 1.82) is 0 Å². The minimum Gasteiger partial charge on any atom is -0.464 e. The second-order valence-electron chi connectivity index (χ2n) is 7.65. The summed E-state index contributed by atoms with van der Waals surface area (Å²) in [6.45, 7) is -0.0886. The summed E-state index contributed by atoms with van der Waals surface area (Å²) >= 11 is 0. The Morgan fingerprint density at radius 3 is 2.44 bits per heavy atom. The summed E-state index contributed by atoms with van der Waals surface area (Å²) in [5, 5.41) is 0.901. The molecule has 0 atom stereocenters. The van der Waals surface area contributed by atoms with Crippen molar-refractivity contribution in [3.63, 3.8) is 0 Å². The van der Waals surface area contributed by atoms with Crippen LogP contribution in [0.4, 0.5) is 0 Å². The van der Waals surface area contributed by atoms with Crippen LogP contribution in [-0.2, 0) is 36.1 Å². The Labute approximate surface area is 186 Å². The maximum Gasteiger partial charge on any atom is 0.354 e. The van der Waals surface area contributed by atoms with Crippen molar-refractivity contribution in [3.05, 3.63) is 102 Å². The van der Waals surface area contributed by atoms with Crippen molar-refractivity contribution in [2.24, 2.45) is 7.05 Å². The van der Waals surface area contributed by atoms with E-state index >= 15 is 0 Å². The number of fused-ring (bicyclic) bond motifs is 1. The van der Waals surface area contributed by atoms with Gasteiger partial charge in [0.15, 0.2) is 19.1 Å². The zero-order chi connectivity index (χ0) is 22.5. The van der Waals surface area contributed by atoms with Crippen molar-refractivity contribution >= 4 is 22.8 Å². The zero-order valence-corrected chi connectivity index (χ0v) is 18.2. The molecule has 0 aliphatic carbocycles. The number of hydrogen-bond acceptors (Lipinski definition) is 4. The van der Waals surface area contributed by atoms with Crippen LogP contribution in [0.1, 0.15) is 32.0 Å². The summed E-state index contributed by atoms with van der Waals surface area (Å²) in [5.41, 5.74) is 4.04. The van der Waals surface area contributed by atoms with Gasteiger partial charge in [-0.05, 0) is 48.2 Å². The molecule has 6 heteroatoms. The van der Waals surface area contributed by atoms with Crippen LogP contribution in [0.15, 0.2) is 79.1 Å². The van der Waals surface area contributed by atoms with Gasteiger partial charge < -0.3 is 14.0 Å². The molecule has 32 heavy (non-hydrogen) atoms. The Bertz CT molecular complexity index is 1260. The maximum absolute atomic E-state index is 12.5. The van der Waals surface area contributed by atoms with Gasteiger partial charge in [-0.15, -0.1) is 0 Å². The number of methoxy groups -OCH3 is 1. The number of rotatable bonds is 7. The number of nitrogens with zero attached hydrogens (tertiary/aromatic N) is 2. The molecular formula is C26H25N2O4+. The predicted octanol–water partition coefficient (Wildman–Crippen LogP) is 3.85. The molecule has 0 saturated carbocycles. The quantitative estimate of drug-likeness (QED) is 0.331. The van der Waals surface area contributed by atoms with Crippen LogP contribution in [0.2, 0.25) is 0 Å². The lowest BCUT2D eigenvalue weighted by Crippen LogP contribution is -2.28. The number of esters is 2. The molecular weight excluding hydrogens is 404 g/mol. The second kappa shape index (κ2) is 9.47. The average Bonchev–Trinajstić information content (AvgIpc) is 3.19. The summed E-state index contributed by atoms with van der Waals surface area (Å²) in [4.78, 5) is 24.9. The van der Waals surface area contributed by atoms with Crippen molar-refractivity contribution < 1.29 is 23.6 Å². The van der Waals surface area contributed by atoms with Crippen LogP contribution in [0.5, 0.6) is 0 Å². The highest BCUT2D eigenvalue weighted by Gasteiger charge is 2.18. The van der Waals surface area contributed by atoms with Gasteiger partial charge in [0.05, 0.1) is 12.6 Å². The Morgan fingerprint density at radius 1 is 0.906 bits per heavy atom. The largest absolute Gasteiger partial charge is 0.464 e. The number of carbonyl (C=O) groups excluding carboxylic acids is 2. The first-order chi connectivity index (χ1) is 15.5. The summed E-state index contributed by atoms with van der Waals surface area (Å²) in [5.74, 6) is -0.937. The van der Waals surface area contributed by atoms with Gasteiger partial charge in [-0.2, -0.15) is 0 Å². The molecule has 0 aliphatic rings. The molecule has 0 fully saturated rings. The van der Waals surface area contributed by atoms with Crippen LogP contribution in [0.25, 0.3) is 10.9 Å². The lowest BCUT2D eigenvalue weighted by molar-refractivity contribution is -0.671. The van der Waals surface area contributed by atoms with Gasteiger partial charge in [-0.3, -0.25) is 0 Å². The molecule has 2 heterocycles. The summed E-state index contributed by atoms with van der Waals surface area (Å²) in [7, 11) is 3.17. The van der Waals surface area contributed by atoms with Crippen LogP contribution >= 0.6 is 0 Å². The number of aryl methyl sites for hydroxylation is 3. The molecule has 0 bridgehead atoms. The monoisotopic (exact) mass is 429 g/mol. The maximum atomic E-state index is 12.5. The molecule has 0 saturated heterocycles. The SMILES string of the molecule is COC(=O)c1cc2cc(CCc3ccccc3)ccc2n1COC(=O)c1ccc[n+](C)c1. The van der Waals surface area contributed by atoms with E-state index in [-0.39, 0.29) is 6.73 Å². The third-order valence-corrected chi connectivity index (χ3v) is 5.41. The Hall–Kier alpha value is -3.93. The van der Waals surface area contributed by atoms with E-state index < -0.39 is 11.9 Å². The molecule has 0 aliphatic heterocycles. The van der Waals surface area contributed by atoms with Gasteiger partial charge in [0.25, 0.3) is 0 Å². The first kappa shape index (κ1) is 21.3. The average molecular weight is 429 g/mol. The molecule has 162 valence electrons. The van der Waals surface area contributed by atoms with Gasteiger partial charge >= 0.3 is 11.9 Å². The third-order valence-electron chi connectivity index (χ3n) is 5.41. The van der Waals surface area contributed by atoms with Crippen molar-refractivity contribution in [2.75, 3.05) is 7.11 Å². The molecule has 0 amide bonds. The number of aromatic nitrogens is 2. The second-order valence-corrected chi connectivity index (χ2v) is 7.65. The first-order valence-electron chi connectivity index (χ1n) is 10.4. The van der Waals surface area contributed by atoms with Gasteiger partial charge in [0.2, 0.25) is 0 Å². The Kier molecular flexibility index (Phi) is 6.31. The number of hydrogen-bond donors (Lipinski definition) is 0. The molecule has 4 aromatic rings. The van der Waals surface area contributed by atoms with Gasteiger partial charge in [0.1, 0.15) is 18.3 Å². The number of benzene rings is 2. The first-order valence-corrected chi connectivity index (χ1v) is 10.4. The highest BCUT2D eigenvalue weighted by molar-refractivity contribution is 5.96. The van der Waals surface area contributed by atoms with E-state index in [2.05, 4.69) is 18.2 Å². The van der Waals surface area contributed by atoms with Gasteiger partial charge in [0, 0.05) is 11.5 Å². The molecule has 0 N–H and O–H groups in total. The molecule has 4 rings (SSSR count). The molecule has 2 aromatic heterocycles. The zero-order valence-electron chi connectivity index (χ0n) is 18.2. The van der Waals surface area contributed by atoms with Crippen LogP contribution < -0.4 is 4.57 Å². The fraction of sp³-hybridized carbons (Fsp3) is 0.192. The fourth-order valence-corrected chi connectivity index (χ4v) is 3.74. The van der Waals surface area contributed by atoms with Gasteiger partial charge in [-0.1, -0.05) is 36.4 Å². The smallest absolute Gasteiger partial charge is 0.354 e. The summed E-state index contributed by atoms with van der Waals surface area (Å²) in [6.07, 6.45) is 5.35. The van der Waals surface area contributed by atoms with Crippen molar-refractivity contribution in [1.82, 2.24) is 4.57 Å². The van der Waals surface area contributed by atoms with Crippen LogP contribution in [0, 0.1) is 0 Å². The van der Waals surface area contributed by atoms with Gasteiger partial charge in [-0.25, -0.2) is 14.2 Å². The van der Waals surface area contributed by atoms with Crippen LogP contribution in [-0.4, -0.2) is 23.6 Å².